The summed E-state index contributed by atoms with van der Waals surface area (Å²) in [4.78, 5) is 50.1. The Morgan fingerprint density at radius 1 is 0.838 bits per heavy atom. The quantitative estimate of drug-likeness (QED) is 0.356. The van der Waals surface area contributed by atoms with E-state index in [1.54, 1.807) is 20.8 Å². The molecule has 202 valence electrons. The maximum absolute atomic E-state index is 13.2. The van der Waals surface area contributed by atoms with Crippen molar-refractivity contribution in [3.8, 4) is 0 Å². The summed E-state index contributed by atoms with van der Waals surface area (Å²) in [6.45, 7) is 13.5. The van der Waals surface area contributed by atoms with Gasteiger partial charge in [0, 0.05) is 0 Å². The third-order valence-corrected chi connectivity index (χ3v) is 11.1. The van der Waals surface area contributed by atoms with Gasteiger partial charge >= 0.3 is 12.1 Å². The van der Waals surface area contributed by atoms with Gasteiger partial charge in [0.2, 0.25) is 0 Å². The van der Waals surface area contributed by atoms with Gasteiger partial charge in [-0.25, -0.2) is 9.59 Å². The summed E-state index contributed by atoms with van der Waals surface area (Å²) >= 11 is 0. The van der Waals surface area contributed by atoms with Gasteiger partial charge in [-0.05, 0) is 69.8 Å². The number of esters is 1. The molecule has 0 aliphatic heterocycles. The van der Waals surface area contributed by atoms with E-state index >= 15 is 0 Å². The Morgan fingerprint density at radius 3 is 1.70 bits per heavy atom. The first-order valence-electron chi connectivity index (χ1n) is 12.6. The van der Waals surface area contributed by atoms with E-state index < -0.39 is 42.7 Å². The average Bonchev–Trinajstić information content (AvgIpc) is 2.80. The maximum Gasteiger partial charge on any atom is 0.408 e. The second kappa shape index (κ2) is 11.6. The van der Waals surface area contributed by atoms with Crippen molar-refractivity contribution in [3.05, 3.63) is 60.7 Å². The van der Waals surface area contributed by atoms with Crippen LogP contribution in [0.1, 0.15) is 68.2 Å². The van der Waals surface area contributed by atoms with Gasteiger partial charge in [0.15, 0.2) is 11.4 Å². The standard InChI is InChI=1S/C29H41NO6Si/c1-21(31)29(7,8)35-25(32)24(30-26(33)36-27(2,3)4)19-20-28(5,6)37(34,22-15-11-9-12-16-22)23-17-13-10-14-18-23/h9-18,24,34H,19-20H2,1-8H3,(H,30,33)/t24-/m0/s1. The summed E-state index contributed by atoms with van der Waals surface area (Å²) < 4.78 is 10.9. The minimum atomic E-state index is -3.32. The molecule has 7 nitrogen and oxygen atoms in total. The third-order valence-electron chi connectivity index (χ3n) is 6.60. The van der Waals surface area contributed by atoms with E-state index in [0.717, 1.165) is 10.4 Å². The van der Waals surface area contributed by atoms with Crippen LogP contribution < -0.4 is 15.7 Å². The van der Waals surface area contributed by atoms with Crippen LogP contribution in [-0.2, 0) is 19.1 Å². The van der Waals surface area contributed by atoms with Gasteiger partial charge in [0.1, 0.15) is 11.6 Å². The lowest BCUT2D eigenvalue weighted by atomic mass is 10.0. The van der Waals surface area contributed by atoms with Crippen molar-refractivity contribution in [1.29, 1.82) is 0 Å². The predicted molar refractivity (Wildman–Crippen MR) is 147 cm³/mol. The van der Waals surface area contributed by atoms with Crippen LogP contribution in [-0.4, -0.2) is 48.2 Å². The first-order chi connectivity index (χ1) is 17.0. The predicted octanol–water partition coefficient (Wildman–Crippen LogP) is 4.10. The van der Waals surface area contributed by atoms with Crippen molar-refractivity contribution < 1.29 is 28.7 Å². The van der Waals surface area contributed by atoms with Crippen molar-refractivity contribution in [2.75, 3.05) is 0 Å². The molecule has 0 fully saturated rings. The first-order valence-corrected chi connectivity index (χ1v) is 14.5. The number of alkyl carbamates (subject to hydrolysis) is 1. The molecule has 1 atom stereocenters. The third kappa shape index (κ3) is 7.76. The molecule has 0 heterocycles. The Hall–Kier alpha value is -2.97. The molecule has 8 heteroatoms. The average molecular weight is 528 g/mol. The van der Waals surface area contributed by atoms with E-state index in [1.165, 1.54) is 20.8 Å². The van der Waals surface area contributed by atoms with Crippen LogP contribution in [0.3, 0.4) is 0 Å². The molecule has 0 aliphatic rings. The Balaban J connectivity index is 2.39. The van der Waals surface area contributed by atoms with Crippen LogP contribution in [0.15, 0.2) is 60.7 Å². The highest BCUT2D eigenvalue weighted by Gasteiger charge is 2.50. The van der Waals surface area contributed by atoms with Crippen LogP contribution in [0.25, 0.3) is 0 Å². The lowest BCUT2D eigenvalue weighted by molar-refractivity contribution is -0.165. The lowest BCUT2D eigenvalue weighted by Gasteiger charge is -2.42. The fraction of sp³-hybridized carbons (Fsp3) is 0.483. The Morgan fingerprint density at radius 2 is 1.30 bits per heavy atom. The van der Waals surface area contributed by atoms with E-state index in [2.05, 4.69) is 5.32 Å². The number of ether oxygens (including phenoxy) is 2. The fourth-order valence-electron chi connectivity index (χ4n) is 4.09. The summed E-state index contributed by atoms with van der Waals surface area (Å²) in [5, 5.41) is 3.67. The maximum atomic E-state index is 13.2. The molecule has 0 bridgehead atoms. The van der Waals surface area contributed by atoms with Crippen molar-refractivity contribution in [3.63, 3.8) is 0 Å². The number of amides is 1. The van der Waals surface area contributed by atoms with Gasteiger partial charge in [-0.15, -0.1) is 0 Å². The second-order valence-corrected chi connectivity index (χ2v) is 15.5. The monoisotopic (exact) mass is 527 g/mol. The number of Topliss-reactive ketones (excluding diaryl/α,β-unsaturated/α-hetero) is 1. The van der Waals surface area contributed by atoms with E-state index in [-0.39, 0.29) is 12.2 Å². The minimum Gasteiger partial charge on any atom is -0.450 e. The van der Waals surface area contributed by atoms with Gasteiger partial charge in [-0.2, -0.15) is 0 Å². The van der Waals surface area contributed by atoms with Gasteiger partial charge in [0.05, 0.1) is 0 Å². The molecule has 0 aliphatic carbocycles. The van der Waals surface area contributed by atoms with Crippen molar-refractivity contribution in [2.24, 2.45) is 0 Å². The van der Waals surface area contributed by atoms with Crippen molar-refractivity contribution >= 4 is 36.5 Å². The number of carbonyl (C=O) groups is 3. The number of hydrogen-bond acceptors (Lipinski definition) is 6. The molecule has 0 unspecified atom stereocenters. The van der Waals surface area contributed by atoms with E-state index in [4.69, 9.17) is 9.47 Å². The number of hydrogen-bond donors (Lipinski definition) is 2. The molecule has 2 rings (SSSR count). The Bertz CT molecular complexity index is 1040. The van der Waals surface area contributed by atoms with Gasteiger partial charge in [0.25, 0.3) is 8.32 Å². The Labute approximate surface area is 221 Å². The van der Waals surface area contributed by atoms with Crippen LogP contribution in [0.5, 0.6) is 0 Å². The Kier molecular flexibility index (Phi) is 9.49. The van der Waals surface area contributed by atoms with Crippen LogP contribution in [0.2, 0.25) is 5.04 Å². The largest absolute Gasteiger partial charge is 0.450 e. The molecular formula is C29H41NO6Si. The number of carbonyl (C=O) groups excluding carboxylic acids is 3. The van der Waals surface area contributed by atoms with Gasteiger partial charge in [-0.1, -0.05) is 74.5 Å². The summed E-state index contributed by atoms with van der Waals surface area (Å²) in [6.07, 6.45) is -0.199. The minimum absolute atomic E-state index is 0.175. The molecule has 0 saturated heterocycles. The zero-order chi connectivity index (χ0) is 28.1. The van der Waals surface area contributed by atoms with Gasteiger partial charge in [-0.3, -0.25) is 4.79 Å². The summed E-state index contributed by atoms with van der Waals surface area (Å²) in [7, 11) is -3.32. The van der Waals surface area contributed by atoms with Gasteiger partial charge < -0.3 is 19.6 Å². The van der Waals surface area contributed by atoms with Crippen molar-refractivity contribution in [1.82, 2.24) is 5.32 Å². The second-order valence-electron chi connectivity index (χ2n) is 11.6. The number of ketones is 1. The normalized spacial score (nSPS) is 13.4. The highest BCUT2D eigenvalue weighted by molar-refractivity contribution is 6.98. The van der Waals surface area contributed by atoms with Crippen LogP contribution in [0.4, 0.5) is 4.79 Å². The molecule has 0 radical (unpaired) electrons. The number of benzene rings is 2. The lowest BCUT2D eigenvalue weighted by Crippen LogP contribution is -2.65. The highest BCUT2D eigenvalue weighted by Crippen LogP contribution is 2.40. The summed E-state index contributed by atoms with van der Waals surface area (Å²) in [5.74, 6) is -1.04. The highest BCUT2D eigenvalue weighted by atomic mass is 28.4. The zero-order valence-electron chi connectivity index (χ0n) is 23.3. The van der Waals surface area contributed by atoms with Crippen LogP contribution in [0, 0.1) is 0 Å². The molecular weight excluding hydrogens is 486 g/mol. The zero-order valence-corrected chi connectivity index (χ0v) is 24.3. The van der Waals surface area contributed by atoms with E-state index in [1.807, 2.05) is 74.5 Å². The SMILES string of the molecule is CC(=O)C(C)(C)OC(=O)[C@H](CCC(C)(C)[Si](O)(c1ccccc1)c1ccccc1)NC(=O)OC(C)(C)C. The summed E-state index contributed by atoms with van der Waals surface area (Å²) in [6, 6.07) is 18.1. The molecule has 0 aromatic heterocycles. The smallest absolute Gasteiger partial charge is 0.408 e. The molecule has 1 amide bonds. The number of nitrogens with one attached hydrogen (secondary N) is 1. The molecule has 2 N–H and O–H groups in total. The van der Waals surface area contributed by atoms with E-state index in [9.17, 15) is 19.2 Å². The van der Waals surface area contributed by atoms with E-state index in [0.29, 0.717) is 6.42 Å². The molecule has 0 saturated carbocycles. The first kappa shape index (κ1) is 30.3. The molecule has 2 aromatic rings. The van der Waals surface area contributed by atoms with Crippen LogP contribution >= 0.6 is 0 Å². The molecule has 37 heavy (non-hydrogen) atoms. The van der Waals surface area contributed by atoms with Crippen molar-refractivity contribution in [2.45, 2.75) is 90.5 Å². The summed E-state index contributed by atoms with van der Waals surface area (Å²) in [5.41, 5.74) is -2.10. The molecule has 2 aromatic carbocycles. The molecule has 0 spiro atoms. The topological polar surface area (TPSA) is 102 Å². The number of rotatable bonds is 10. The fourth-order valence-corrected chi connectivity index (χ4v) is 7.84.